The predicted molar refractivity (Wildman–Crippen MR) is 97.7 cm³/mol. The monoisotopic (exact) mass is 360 g/mol. The highest BCUT2D eigenvalue weighted by Crippen LogP contribution is 2.39. The number of nitrogens with zero attached hydrogens (tertiary/aromatic N) is 2. The molecule has 2 aliphatic heterocycles. The molecule has 0 unspecified atom stereocenters. The summed E-state index contributed by atoms with van der Waals surface area (Å²) >= 11 is 0. The number of benzene rings is 1. The van der Waals surface area contributed by atoms with E-state index in [4.69, 9.17) is 4.74 Å². The smallest absolute Gasteiger partial charge is 0.227 e. The molecule has 2 heterocycles. The van der Waals surface area contributed by atoms with E-state index in [1.807, 2.05) is 9.80 Å². The normalized spacial score (nSPS) is 23.5. The van der Waals surface area contributed by atoms with Gasteiger partial charge in [-0.2, -0.15) is 0 Å². The topological polar surface area (TPSA) is 70.1 Å². The first kappa shape index (κ1) is 18.7. The number of phenolic OH excluding ortho intramolecular Hbond substituents is 1. The van der Waals surface area contributed by atoms with E-state index < -0.39 is 0 Å². The van der Waals surface area contributed by atoms with Gasteiger partial charge in [0.25, 0.3) is 0 Å². The molecule has 1 aromatic carbocycles. The van der Waals surface area contributed by atoms with Gasteiger partial charge in [-0.15, -0.1) is 0 Å². The van der Waals surface area contributed by atoms with Crippen LogP contribution < -0.4 is 0 Å². The Bertz CT molecular complexity index is 646. The minimum Gasteiger partial charge on any atom is -0.508 e. The average Bonchev–Trinajstić information content (AvgIpc) is 2.65. The first-order chi connectivity index (χ1) is 12.5. The van der Waals surface area contributed by atoms with Gasteiger partial charge in [0.2, 0.25) is 11.8 Å². The lowest BCUT2D eigenvalue weighted by Gasteiger charge is -2.48. The van der Waals surface area contributed by atoms with Crippen LogP contribution in [0.4, 0.5) is 0 Å². The van der Waals surface area contributed by atoms with Crippen molar-refractivity contribution in [2.75, 3.05) is 39.9 Å². The number of rotatable bonds is 5. The third-order valence-corrected chi connectivity index (χ3v) is 5.62. The fourth-order valence-electron chi connectivity index (χ4n) is 4.16. The molecule has 1 aromatic rings. The largest absolute Gasteiger partial charge is 0.508 e. The fourth-order valence-corrected chi connectivity index (χ4v) is 4.16. The number of piperidine rings is 2. The molecule has 6 nitrogen and oxygen atoms in total. The van der Waals surface area contributed by atoms with Crippen LogP contribution in [0.25, 0.3) is 0 Å². The van der Waals surface area contributed by atoms with E-state index in [0.717, 1.165) is 44.5 Å². The van der Waals surface area contributed by atoms with Gasteiger partial charge in [-0.05, 0) is 37.0 Å². The lowest BCUT2D eigenvalue weighted by Crippen LogP contribution is -2.55. The lowest BCUT2D eigenvalue weighted by atomic mass is 9.73. The van der Waals surface area contributed by atoms with Crippen LogP contribution in [0.15, 0.2) is 24.3 Å². The minimum absolute atomic E-state index is 0.0184. The second kappa shape index (κ2) is 8.08. The zero-order chi connectivity index (χ0) is 18.6. The van der Waals surface area contributed by atoms with Crippen molar-refractivity contribution in [3.05, 3.63) is 29.8 Å². The van der Waals surface area contributed by atoms with Crippen molar-refractivity contribution in [1.82, 2.24) is 9.80 Å². The van der Waals surface area contributed by atoms with Crippen molar-refractivity contribution >= 4 is 11.8 Å². The van der Waals surface area contributed by atoms with Gasteiger partial charge in [0, 0.05) is 45.1 Å². The van der Waals surface area contributed by atoms with Gasteiger partial charge < -0.3 is 19.6 Å². The molecule has 1 atom stereocenters. The molecule has 0 radical (unpaired) electrons. The zero-order valence-corrected chi connectivity index (χ0v) is 15.4. The van der Waals surface area contributed by atoms with Crippen LogP contribution in [0, 0.1) is 5.41 Å². The van der Waals surface area contributed by atoms with Crippen LogP contribution in [-0.4, -0.2) is 66.6 Å². The second-order valence-corrected chi connectivity index (χ2v) is 7.57. The molecule has 142 valence electrons. The summed E-state index contributed by atoms with van der Waals surface area (Å²) in [6, 6.07) is 6.80. The highest BCUT2D eigenvalue weighted by Gasteiger charge is 2.42. The summed E-state index contributed by atoms with van der Waals surface area (Å²) in [7, 11) is 1.65. The van der Waals surface area contributed by atoms with Crippen molar-refractivity contribution in [3.63, 3.8) is 0 Å². The maximum absolute atomic E-state index is 12.8. The van der Waals surface area contributed by atoms with Crippen LogP contribution in [-0.2, 0) is 20.7 Å². The summed E-state index contributed by atoms with van der Waals surface area (Å²) in [6.45, 7) is 3.40. The van der Waals surface area contributed by atoms with Gasteiger partial charge in [-0.1, -0.05) is 12.1 Å². The summed E-state index contributed by atoms with van der Waals surface area (Å²) in [4.78, 5) is 28.8. The molecule has 0 aliphatic carbocycles. The number of ether oxygens (including phenoxy) is 1. The summed E-state index contributed by atoms with van der Waals surface area (Å²) in [5.41, 5.74) is 0.929. The van der Waals surface area contributed by atoms with Gasteiger partial charge in [0.1, 0.15) is 5.75 Å². The van der Waals surface area contributed by atoms with Crippen LogP contribution in [0.2, 0.25) is 0 Å². The number of aromatic hydroxyl groups is 1. The quantitative estimate of drug-likeness (QED) is 0.869. The predicted octanol–water partition coefficient (Wildman–Crippen LogP) is 1.81. The zero-order valence-electron chi connectivity index (χ0n) is 15.4. The van der Waals surface area contributed by atoms with Crippen molar-refractivity contribution < 1.29 is 19.4 Å². The highest BCUT2D eigenvalue weighted by molar-refractivity contribution is 5.79. The Labute approximate surface area is 154 Å². The van der Waals surface area contributed by atoms with Gasteiger partial charge in [0.05, 0.1) is 13.0 Å². The van der Waals surface area contributed by atoms with Crippen LogP contribution in [0.5, 0.6) is 5.75 Å². The number of hydrogen-bond acceptors (Lipinski definition) is 4. The van der Waals surface area contributed by atoms with E-state index >= 15 is 0 Å². The number of amides is 2. The average molecular weight is 360 g/mol. The molecular weight excluding hydrogens is 332 g/mol. The SMILES string of the molecule is COCCN1C[C@@]2(CCCN(C(=O)Cc3ccc(O)cc3)C2)CCC1=O. The highest BCUT2D eigenvalue weighted by atomic mass is 16.5. The molecule has 0 aromatic heterocycles. The maximum atomic E-state index is 12.8. The first-order valence-corrected chi connectivity index (χ1v) is 9.34. The Balaban J connectivity index is 1.63. The van der Waals surface area contributed by atoms with Gasteiger partial charge in [-0.3, -0.25) is 9.59 Å². The molecule has 2 saturated heterocycles. The third kappa shape index (κ3) is 4.36. The number of likely N-dealkylation sites (tertiary alicyclic amines) is 2. The number of carbonyl (C=O) groups excluding carboxylic acids is 2. The molecule has 0 saturated carbocycles. The summed E-state index contributed by atoms with van der Waals surface area (Å²) in [5, 5.41) is 9.38. The Hall–Kier alpha value is -2.08. The van der Waals surface area contributed by atoms with E-state index in [1.165, 1.54) is 0 Å². The molecule has 3 rings (SSSR count). The molecular formula is C20H28N2O4. The van der Waals surface area contributed by atoms with Crippen molar-refractivity contribution in [3.8, 4) is 5.75 Å². The molecule has 1 spiro atoms. The standard InChI is InChI=1S/C20H28N2O4/c1-26-12-11-22-15-20(9-7-18(22)24)8-2-10-21(14-20)19(25)13-16-3-5-17(23)6-4-16/h3-6,23H,2,7-15H2,1H3/t20-/m0/s1. The molecule has 26 heavy (non-hydrogen) atoms. The van der Waals surface area contributed by atoms with Gasteiger partial charge in [0.15, 0.2) is 0 Å². The number of methoxy groups -OCH3 is 1. The van der Waals surface area contributed by atoms with E-state index in [2.05, 4.69) is 0 Å². The minimum atomic E-state index is 0.0184. The maximum Gasteiger partial charge on any atom is 0.227 e. The first-order valence-electron chi connectivity index (χ1n) is 9.34. The number of phenols is 1. The molecule has 6 heteroatoms. The van der Waals surface area contributed by atoms with Gasteiger partial charge >= 0.3 is 0 Å². The number of carbonyl (C=O) groups is 2. The van der Waals surface area contributed by atoms with Crippen molar-refractivity contribution in [2.45, 2.75) is 32.1 Å². The Morgan fingerprint density at radius 1 is 1.23 bits per heavy atom. The molecule has 0 bridgehead atoms. The van der Waals surface area contributed by atoms with E-state index in [0.29, 0.717) is 26.0 Å². The van der Waals surface area contributed by atoms with Crippen molar-refractivity contribution in [2.24, 2.45) is 5.41 Å². The van der Waals surface area contributed by atoms with Crippen molar-refractivity contribution in [1.29, 1.82) is 0 Å². The Kier molecular flexibility index (Phi) is 5.81. The fraction of sp³-hybridized carbons (Fsp3) is 0.600. The summed E-state index contributed by atoms with van der Waals surface area (Å²) in [5.74, 6) is 0.525. The van der Waals surface area contributed by atoms with Crippen LogP contribution in [0.1, 0.15) is 31.2 Å². The van der Waals surface area contributed by atoms with Gasteiger partial charge in [-0.25, -0.2) is 0 Å². The molecule has 2 fully saturated rings. The molecule has 2 amide bonds. The van der Waals surface area contributed by atoms with Crippen LogP contribution in [0.3, 0.4) is 0 Å². The Morgan fingerprint density at radius 3 is 2.73 bits per heavy atom. The number of hydrogen-bond donors (Lipinski definition) is 1. The molecule has 2 aliphatic rings. The summed E-state index contributed by atoms with van der Waals surface area (Å²) < 4.78 is 5.13. The summed E-state index contributed by atoms with van der Waals surface area (Å²) in [6.07, 6.45) is 3.81. The lowest BCUT2D eigenvalue weighted by molar-refractivity contribution is -0.143. The molecule has 1 N–H and O–H groups in total. The van der Waals surface area contributed by atoms with E-state index in [9.17, 15) is 14.7 Å². The second-order valence-electron chi connectivity index (χ2n) is 7.57. The van der Waals surface area contributed by atoms with E-state index in [-0.39, 0.29) is 23.0 Å². The third-order valence-electron chi connectivity index (χ3n) is 5.62. The Morgan fingerprint density at radius 2 is 2.00 bits per heavy atom. The van der Waals surface area contributed by atoms with Crippen LogP contribution >= 0.6 is 0 Å². The van der Waals surface area contributed by atoms with E-state index in [1.54, 1.807) is 31.4 Å².